The number of rotatable bonds is 5. The van der Waals surface area contributed by atoms with Crippen LogP contribution in [0, 0.1) is 11.8 Å². The Hall–Kier alpha value is -2.16. The van der Waals surface area contributed by atoms with Crippen LogP contribution in [0.1, 0.15) is 32.1 Å². The Bertz CT molecular complexity index is 609. The SMILES string of the molecule is O=CC1C=CC(N(C2=CCC(C=O)CC2)C2C=CC=CC2)=CC1. The highest BCUT2D eigenvalue weighted by atomic mass is 16.1. The van der Waals surface area contributed by atoms with Crippen LogP contribution in [0.25, 0.3) is 0 Å². The Morgan fingerprint density at radius 3 is 2.48 bits per heavy atom. The second-order valence-electron chi connectivity index (χ2n) is 6.38. The third-order valence-corrected chi connectivity index (χ3v) is 4.79. The van der Waals surface area contributed by atoms with E-state index in [1.807, 2.05) is 6.08 Å². The van der Waals surface area contributed by atoms with Gasteiger partial charge in [-0.05, 0) is 38.2 Å². The van der Waals surface area contributed by atoms with Crippen molar-refractivity contribution in [1.82, 2.24) is 4.90 Å². The van der Waals surface area contributed by atoms with Gasteiger partial charge in [0.25, 0.3) is 0 Å². The fraction of sp³-hybridized carbons (Fsp3) is 0.400. The van der Waals surface area contributed by atoms with Crippen molar-refractivity contribution in [2.75, 3.05) is 0 Å². The van der Waals surface area contributed by atoms with Crippen molar-refractivity contribution < 1.29 is 9.59 Å². The monoisotopic (exact) mass is 309 g/mol. The Morgan fingerprint density at radius 2 is 1.91 bits per heavy atom. The topological polar surface area (TPSA) is 37.4 Å². The lowest BCUT2D eigenvalue weighted by molar-refractivity contribution is -0.111. The van der Waals surface area contributed by atoms with Gasteiger partial charge in [-0.1, -0.05) is 42.5 Å². The van der Waals surface area contributed by atoms with Crippen LogP contribution < -0.4 is 0 Å². The van der Waals surface area contributed by atoms with Crippen LogP contribution in [0.2, 0.25) is 0 Å². The lowest BCUT2D eigenvalue weighted by Gasteiger charge is -2.38. The second-order valence-corrected chi connectivity index (χ2v) is 6.38. The van der Waals surface area contributed by atoms with E-state index in [9.17, 15) is 9.59 Å². The van der Waals surface area contributed by atoms with Gasteiger partial charge in [-0.25, -0.2) is 0 Å². The number of carbonyl (C=O) groups is 2. The van der Waals surface area contributed by atoms with Crippen LogP contribution in [-0.4, -0.2) is 23.5 Å². The zero-order valence-electron chi connectivity index (χ0n) is 13.3. The van der Waals surface area contributed by atoms with Crippen LogP contribution in [0.5, 0.6) is 0 Å². The summed E-state index contributed by atoms with van der Waals surface area (Å²) in [6, 6.07) is 0.308. The highest BCUT2D eigenvalue weighted by Crippen LogP contribution is 2.33. The third kappa shape index (κ3) is 3.61. The molecule has 0 saturated carbocycles. The van der Waals surface area contributed by atoms with Crippen LogP contribution >= 0.6 is 0 Å². The molecule has 3 atom stereocenters. The predicted molar refractivity (Wildman–Crippen MR) is 91.4 cm³/mol. The molecular weight excluding hydrogens is 286 g/mol. The number of hydrogen-bond acceptors (Lipinski definition) is 3. The molecule has 0 heterocycles. The molecule has 3 aliphatic rings. The van der Waals surface area contributed by atoms with Gasteiger partial charge in [0.1, 0.15) is 12.6 Å². The molecule has 0 bridgehead atoms. The quantitative estimate of drug-likeness (QED) is 0.726. The molecular formula is C20H23NO2. The van der Waals surface area contributed by atoms with Crippen LogP contribution in [0.3, 0.4) is 0 Å². The van der Waals surface area contributed by atoms with E-state index >= 15 is 0 Å². The van der Waals surface area contributed by atoms with Gasteiger partial charge in [-0.15, -0.1) is 0 Å². The fourth-order valence-corrected chi connectivity index (χ4v) is 3.42. The van der Waals surface area contributed by atoms with E-state index in [2.05, 4.69) is 47.4 Å². The van der Waals surface area contributed by atoms with Crippen molar-refractivity contribution in [1.29, 1.82) is 0 Å². The fourth-order valence-electron chi connectivity index (χ4n) is 3.42. The summed E-state index contributed by atoms with van der Waals surface area (Å²) in [5.41, 5.74) is 2.47. The molecule has 0 saturated heterocycles. The second kappa shape index (κ2) is 7.40. The van der Waals surface area contributed by atoms with Crippen molar-refractivity contribution in [2.24, 2.45) is 11.8 Å². The van der Waals surface area contributed by atoms with E-state index in [1.54, 1.807) is 0 Å². The lowest BCUT2D eigenvalue weighted by atomic mass is 9.91. The first-order valence-corrected chi connectivity index (χ1v) is 8.42. The number of hydrogen-bond donors (Lipinski definition) is 0. The number of aldehydes is 2. The van der Waals surface area contributed by atoms with Gasteiger partial charge in [0.15, 0.2) is 0 Å². The molecule has 3 nitrogen and oxygen atoms in total. The summed E-state index contributed by atoms with van der Waals surface area (Å²) in [5, 5.41) is 0. The first-order valence-electron chi connectivity index (χ1n) is 8.42. The van der Waals surface area contributed by atoms with Gasteiger partial charge < -0.3 is 14.5 Å². The molecule has 23 heavy (non-hydrogen) atoms. The Balaban J connectivity index is 1.84. The van der Waals surface area contributed by atoms with E-state index < -0.39 is 0 Å². The maximum atomic E-state index is 11.0. The van der Waals surface area contributed by atoms with E-state index in [4.69, 9.17) is 0 Å². The van der Waals surface area contributed by atoms with Crippen molar-refractivity contribution in [3.63, 3.8) is 0 Å². The first-order chi connectivity index (χ1) is 11.3. The smallest absolute Gasteiger partial charge is 0.127 e. The Kier molecular flexibility index (Phi) is 5.06. The maximum Gasteiger partial charge on any atom is 0.127 e. The molecule has 0 aromatic heterocycles. The zero-order valence-corrected chi connectivity index (χ0v) is 13.3. The predicted octanol–water partition coefficient (Wildman–Crippen LogP) is 3.71. The summed E-state index contributed by atoms with van der Waals surface area (Å²) in [7, 11) is 0. The molecule has 3 aliphatic carbocycles. The van der Waals surface area contributed by atoms with Crippen LogP contribution in [-0.2, 0) is 9.59 Å². The van der Waals surface area contributed by atoms with Crippen molar-refractivity contribution in [2.45, 2.75) is 38.1 Å². The first kappa shape index (κ1) is 15.7. The summed E-state index contributed by atoms with van der Waals surface area (Å²) in [5.74, 6) is 0.167. The molecule has 0 spiro atoms. The molecule has 3 heteroatoms. The molecule has 0 fully saturated rings. The van der Waals surface area contributed by atoms with Gasteiger partial charge in [0.2, 0.25) is 0 Å². The van der Waals surface area contributed by atoms with E-state index in [1.165, 1.54) is 11.4 Å². The minimum Gasteiger partial charge on any atom is -0.339 e. The normalized spacial score (nSPS) is 29.7. The summed E-state index contributed by atoms with van der Waals surface area (Å²) in [6.45, 7) is 0. The Labute approximate surface area is 137 Å². The van der Waals surface area contributed by atoms with Gasteiger partial charge >= 0.3 is 0 Å². The average molecular weight is 309 g/mol. The number of allylic oxidation sites excluding steroid dienone is 7. The maximum absolute atomic E-state index is 11.0. The summed E-state index contributed by atoms with van der Waals surface area (Å²) < 4.78 is 0. The van der Waals surface area contributed by atoms with Crippen LogP contribution in [0.4, 0.5) is 0 Å². The molecule has 0 N–H and O–H groups in total. The molecule has 120 valence electrons. The molecule has 3 rings (SSSR count). The molecule has 0 aliphatic heterocycles. The molecule has 0 amide bonds. The molecule has 0 aromatic carbocycles. The zero-order chi connectivity index (χ0) is 16.1. The van der Waals surface area contributed by atoms with Crippen LogP contribution in [0.15, 0.2) is 60.0 Å². The Morgan fingerprint density at radius 1 is 1.00 bits per heavy atom. The highest BCUT2D eigenvalue weighted by molar-refractivity contribution is 5.58. The summed E-state index contributed by atoms with van der Waals surface area (Å²) in [6.07, 6.45) is 23.6. The van der Waals surface area contributed by atoms with Gasteiger partial charge in [0.05, 0.1) is 6.04 Å². The minimum atomic E-state index is 0.00201. The summed E-state index contributed by atoms with van der Waals surface area (Å²) >= 11 is 0. The molecule has 3 unspecified atom stereocenters. The van der Waals surface area contributed by atoms with E-state index in [-0.39, 0.29) is 11.8 Å². The van der Waals surface area contributed by atoms with Gasteiger partial charge in [-0.2, -0.15) is 0 Å². The third-order valence-electron chi connectivity index (χ3n) is 4.79. The van der Waals surface area contributed by atoms with Gasteiger partial charge in [0, 0.05) is 23.2 Å². The lowest BCUT2D eigenvalue weighted by Crippen LogP contribution is -2.34. The largest absolute Gasteiger partial charge is 0.339 e. The number of carbonyl (C=O) groups excluding carboxylic acids is 2. The molecule has 0 aromatic rings. The van der Waals surface area contributed by atoms with Crippen molar-refractivity contribution in [3.05, 3.63) is 60.0 Å². The van der Waals surface area contributed by atoms with E-state index in [0.717, 1.165) is 44.7 Å². The number of nitrogens with zero attached hydrogens (tertiary/aromatic N) is 1. The average Bonchev–Trinajstić information content (AvgIpc) is 2.64. The summed E-state index contributed by atoms with van der Waals surface area (Å²) in [4.78, 5) is 24.3. The van der Waals surface area contributed by atoms with Gasteiger partial charge in [-0.3, -0.25) is 0 Å². The van der Waals surface area contributed by atoms with Crippen molar-refractivity contribution in [3.8, 4) is 0 Å². The van der Waals surface area contributed by atoms with E-state index in [0.29, 0.717) is 6.04 Å². The molecule has 0 radical (unpaired) electrons. The minimum absolute atomic E-state index is 0.00201. The van der Waals surface area contributed by atoms with Crippen molar-refractivity contribution >= 4 is 12.6 Å². The highest BCUT2D eigenvalue weighted by Gasteiger charge is 2.25. The standard InChI is InChI=1S/C20H23NO2/c22-14-16-6-10-19(11-7-16)21(18-4-2-1-3-5-18)20-12-8-17(15-23)9-13-20/h1-4,6,10-12,14-18H,5,7-9,13H2.